The average molecular weight is 449 g/mol. The summed E-state index contributed by atoms with van der Waals surface area (Å²) in [6.45, 7) is 0. The van der Waals surface area contributed by atoms with E-state index < -0.39 is 0 Å². The Morgan fingerprint density at radius 1 is 0.960 bits per heavy atom. The number of rotatable bonds is 4. The van der Waals surface area contributed by atoms with Crippen molar-refractivity contribution in [3.63, 3.8) is 0 Å². The molecule has 0 heterocycles. The van der Waals surface area contributed by atoms with E-state index in [4.69, 9.17) is 4.74 Å². The molecule has 1 saturated carbocycles. The second-order valence-electron chi connectivity index (χ2n) is 6.21. The number of halogens is 1. The fraction of sp³-hybridized carbons (Fsp3) is 0.300. The van der Waals surface area contributed by atoms with Crippen molar-refractivity contribution < 1.29 is 14.3 Å². The number of ether oxygens (including phenoxy) is 1. The van der Waals surface area contributed by atoms with Crippen LogP contribution in [0.15, 0.2) is 48.5 Å². The smallest absolute Gasteiger partial charge is 0.338 e. The van der Waals surface area contributed by atoms with Gasteiger partial charge in [-0.05, 0) is 90.7 Å². The van der Waals surface area contributed by atoms with Gasteiger partial charge in [0.2, 0.25) is 0 Å². The molecule has 1 aliphatic carbocycles. The van der Waals surface area contributed by atoms with E-state index in [1.165, 1.54) is 6.42 Å². The molecule has 0 radical (unpaired) electrons. The summed E-state index contributed by atoms with van der Waals surface area (Å²) in [5.74, 6) is -0.460. The van der Waals surface area contributed by atoms with E-state index in [1.807, 2.05) is 18.2 Å². The van der Waals surface area contributed by atoms with Crippen molar-refractivity contribution in [2.45, 2.75) is 38.2 Å². The van der Waals surface area contributed by atoms with Crippen LogP contribution in [0.4, 0.5) is 5.69 Å². The number of esters is 1. The molecular weight excluding hydrogens is 429 g/mol. The van der Waals surface area contributed by atoms with Crippen LogP contribution < -0.4 is 5.32 Å². The third kappa shape index (κ3) is 5.04. The third-order valence-corrected chi connectivity index (χ3v) is 4.96. The quantitative estimate of drug-likeness (QED) is 0.526. The zero-order valence-electron chi connectivity index (χ0n) is 13.8. The number of carbonyl (C=O) groups is 2. The molecule has 130 valence electrons. The molecular formula is C20H20INO3. The summed E-state index contributed by atoms with van der Waals surface area (Å²) in [5.41, 5.74) is 1.77. The van der Waals surface area contributed by atoms with Crippen molar-refractivity contribution in [2.75, 3.05) is 5.32 Å². The molecule has 0 saturated heterocycles. The van der Waals surface area contributed by atoms with E-state index in [9.17, 15) is 9.59 Å². The molecule has 2 aromatic rings. The Morgan fingerprint density at radius 3 is 2.36 bits per heavy atom. The first-order valence-electron chi connectivity index (χ1n) is 8.50. The number of carbonyl (C=O) groups excluding carboxylic acids is 2. The van der Waals surface area contributed by atoms with Gasteiger partial charge in [-0.3, -0.25) is 4.79 Å². The number of hydrogen-bond acceptors (Lipinski definition) is 3. The lowest BCUT2D eigenvalue weighted by Gasteiger charge is -2.21. The average Bonchev–Trinajstić information content (AvgIpc) is 2.63. The molecule has 1 fully saturated rings. The predicted molar refractivity (Wildman–Crippen MR) is 106 cm³/mol. The topological polar surface area (TPSA) is 55.4 Å². The maximum absolute atomic E-state index is 12.2. The van der Waals surface area contributed by atoms with Crippen molar-refractivity contribution in [1.82, 2.24) is 0 Å². The van der Waals surface area contributed by atoms with Gasteiger partial charge < -0.3 is 10.1 Å². The van der Waals surface area contributed by atoms with Gasteiger partial charge in [0.25, 0.3) is 5.91 Å². The third-order valence-electron chi connectivity index (χ3n) is 4.29. The summed E-state index contributed by atoms with van der Waals surface area (Å²) >= 11 is 2.17. The van der Waals surface area contributed by atoms with Gasteiger partial charge in [-0.1, -0.05) is 12.5 Å². The fourth-order valence-electron chi connectivity index (χ4n) is 2.93. The number of benzene rings is 2. The number of anilines is 1. The lowest BCUT2D eigenvalue weighted by Crippen LogP contribution is -2.21. The Balaban J connectivity index is 1.59. The summed E-state index contributed by atoms with van der Waals surface area (Å²) in [7, 11) is 0. The molecule has 1 aliphatic rings. The van der Waals surface area contributed by atoms with Crippen LogP contribution in [0.1, 0.15) is 52.8 Å². The van der Waals surface area contributed by atoms with Crippen molar-refractivity contribution >= 4 is 40.2 Å². The first kappa shape index (κ1) is 17.9. The lowest BCUT2D eigenvalue weighted by atomic mass is 9.98. The van der Waals surface area contributed by atoms with Gasteiger partial charge in [0.1, 0.15) is 6.10 Å². The van der Waals surface area contributed by atoms with Gasteiger partial charge in [-0.15, -0.1) is 0 Å². The minimum absolute atomic E-state index is 0.0428. The Morgan fingerprint density at radius 2 is 1.68 bits per heavy atom. The van der Waals surface area contributed by atoms with Gasteiger partial charge in [0.15, 0.2) is 0 Å². The molecule has 1 N–H and O–H groups in total. The SMILES string of the molecule is O=C(Nc1ccc(C(=O)OC2CCCCC2)cc1)c1cccc(I)c1. The van der Waals surface area contributed by atoms with Gasteiger partial charge in [0.05, 0.1) is 5.56 Å². The molecule has 0 unspecified atom stereocenters. The molecule has 25 heavy (non-hydrogen) atoms. The number of nitrogens with one attached hydrogen (secondary N) is 1. The standard InChI is InChI=1S/C20H20INO3/c21-16-6-4-5-15(13-16)19(23)22-17-11-9-14(10-12-17)20(24)25-18-7-2-1-3-8-18/h4-6,9-13,18H,1-3,7-8H2,(H,22,23). The monoisotopic (exact) mass is 449 g/mol. The van der Waals surface area contributed by atoms with Crippen LogP contribution in [-0.2, 0) is 4.74 Å². The molecule has 0 spiro atoms. The van der Waals surface area contributed by atoms with Crippen LogP contribution in [0.2, 0.25) is 0 Å². The van der Waals surface area contributed by atoms with Gasteiger partial charge in [-0.2, -0.15) is 0 Å². The zero-order valence-corrected chi connectivity index (χ0v) is 16.0. The van der Waals surface area contributed by atoms with Crippen molar-refractivity contribution in [3.8, 4) is 0 Å². The molecule has 0 aliphatic heterocycles. The van der Waals surface area contributed by atoms with Crippen LogP contribution in [0.25, 0.3) is 0 Å². The van der Waals surface area contributed by atoms with E-state index in [0.717, 1.165) is 29.3 Å². The van der Waals surface area contributed by atoms with Crippen LogP contribution in [0, 0.1) is 3.57 Å². The van der Waals surface area contributed by atoms with E-state index in [-0.39, 0.29) is 18.0 Å². The predicted octanol–water partition coefficient (Wildman–Crippen LogP) is 5.03. The highest BCUT2D eigenvalue weighted by atomic mass is 127. The normalized spacial score (nSPS) is 14.8. The van der Waals surface area contributed by atoms with Crippen molar-refractivity contribution in [3.05, 3.63) is 63.2 Å². The summed E-state index contributed by atoms with van der Waals surface area (Å²) < 4.78 is 6.56. The summed E-state index contributed by atoms with van der Waals surface area (Å²) in [6.07, 6.45) is 5.43. The van der Waals surface area contributed by atoms with E-state index in [0.29, 0.717) is 16.8 Å². The molecule has 2 aromatic carbocycles. The van der Waals surface area contributed by atoms with Crippen LogP contribution in [0.3, 0.4) is 0 Å². The lowest BCUT2D eigenvalue weighted by molar-refractivity contribution is 0.0211. The Hall–Kier alpha value is -1.89. The highest BCUT2D eigenvalue weighted by molar-refractivity contribution is 14.1. The van der Waals surface area contributed by atoms with E-state index in [2.05, 4.69) is 27.9 Å². The fourth-order valence-corrected chi connectivity index (χ4v) is 3.47. The van der Waals surface area contributed by atoms with E-state index >= 15 is 0 Å². The maximum Gasteiger partial charge on any atom is 0.338 e. The number of amides is 1. The highest BCUT2D eigenvalue weighted by Gasteiger charge is 2.18. The summed E-state index contributed by atoms with van der Waals surface area (Å²) in [4.78, 5) is 24.4. The van der Waals surface area contributed by atoms with Gasteiger partial charge >= 0.3 is 5.97 Å². The largest absolute Gasteiger partial charge is 0.459 e. The van der Waals surface area contributed by atoms with Crippen LogP contribution in [0.5, 0.6) is 0 Å². The molecule has 4 nitrogen and oxygen atoms in total. The van der Waals surface area contributed by atoms with Crippen LogP contribution in [-0.4, -0.2) is 18.0 Å². The van der Waals surface area contributed by atoms with Crippen molar-refractivity contribution in [2.24, 2.45) is 0 Å². The van der Waals surface area contributed by atoms with Gasteiger partial charge in [0, 0.05) is 14.8 Å². The van der Waals surface area contributed by atoms with E-state index in [1.54, 1.807) is 30.3 Å². The maximum atomic E-state index is 12.2. The number of hydrogen-bond donors (Lipinski definition) is 1. The van der Waals surface area contributed by atoms with Crippen LogP contribution >= 0.6 is 22.6 Å². The highest BCUT2D eigenvalue weighted by Crippen LogP contribution is 2.22. The minimum atomic E-state index is -0.289. The summed E-state index contributed by atoms with van der Waals surface area (Å²) in [5, 5.41) is 2.84. The zero-order chi connectivity index (χ0) is 17.6. The Bertz CT molecular complexity index is 752. The Labute approximate surface area is 161 Å². The molecule has 0 atom stereocenters. The Kier molecular flexibility index (Phi) is 6.07. The molecule has 1 amide bonds. The first-order chi connectivity index (χ1) is 12.1. The molecule has 0 aromatic heterocycles. The van der Waals surface area contributed by atoms with Gasteiger partial charge in [-0.25, -0.2) is 4.79 Å². The summed E-state index contributed by atoms with van der Waals surface area (Å²) in [6, 6.07) is 14.2. The molecule has 0 bridgehead atoms. The molecule has 3 rings (SSSR count). The minimum Gasteiger partial charge on any atom is -0.459 e. The second-order valence-corrected chi connectivity index (χ2v) is 7.45. The second kappa shape index (κ2) is 8.47. The molecule has 5 heteroatoms. The van der Waals surface area contributed by atoms with Crippen molar-refractivity contribution in [1.29, 1.82) is 0 Å². The first-order valence-corrected chi connectivity index (χ1v) is 9.58.